The number of nitrogens with two attached hydrogens (primary N) is 1. The third-order valence-corrected chi connectivity index (χ3v) is 1.48. The predicted molar refractivity (Wildman–Crippen MR) is 47.9 cm³/mol. The molecule has 3 N–H and O–H groups in total. The van der Waals surface area contributed by atoms with Crippen molar-refractivity contribution in [2.45, 2.75) is 12.7 Å². The van der Waals surface area contributed by atoms with Crippen molar-refractivity contribution in [1.29, 1.82) is 0 Å². The second-order valence-corrected chi connectivity index (χ2v) is 2.74. The van der Waals surface area contributed by atoms with Crippen molar-refractivity contribution < 1.29 is 31.9 Å². The maximum absolute atomic E-state index is 12.5. The van der Waals surface area contributed by atoms with Crippen LogP contribution in [0, 0.1) is 11.6 Å². The van der Waals surface area contributed by atoms with Crippen LogP contribution in [0.2, 0.25) is 0 Å². The molecule has 0 radical (unpaired) electrons. The average molecular weight is 257 g/mol. The fourth-order valence-electron chi connectivity index (χ4n) is 0.687. The van der Waals surface area contributed by atoms with E-state index in [-0.39, 0.29) is 6.54 Å². The van der Waals surface area contributed by atoms with Crippen LogP contribution in [0.1, 0.15) is 5.56 Å². The zero-order valence-corrected chi connectivity index (χ0v) is 8.26. The van der Waals surface area contributed by atoms with E-state index in [1.54, 1.807) is 0 Å². The molecule has 1 aromatic carbocycles. The number of benzene rings is 1. The monoisotopic (exact) mass is 257 g/mol. The molecule has 3 nitrogen and oxygen atoms in total. The first kappa shape index (κ1) is 15.3. The molecule has 0 unspecified atom stereocenters. The zero-order chi connectivity index (χ0) is 13.6. The molecule has 0 saturated heterocycles. The number of alkyl halides is 3. The highest BCUT2D eigenvalue weighted by atomic mass is 19.4. The summed E-state index contributed by atoms with van der Waals surface area (Å²) in [4.78, 5) is 8.90. The van der Waals surface area contributed by atoms with Crippen LogP contribution in [0.5, 0.6) is 0 Å². The summed E-state index contributed by atoms with van der Waals surface area (Å²) >= 11 is 0. The SMILES string of the molecule is NCc1ccc(F)cc1F.O=C(O)C(F)(F)F. The molecule has 17 heavy (non-hydrogen) atoms. The van der Waals surface area contributed by atoms with Crippen LogP contribution < -0.4 is 5.73 Å². The van der Waals surface area contributed by atoms with Gasteiger partial charge in [-0.25, -0.2) is 13.6 Å². The molecule has 0 atom stereocenters. The summed E-state index contributed by atoms with van der Waals surface area (Å²) in [7, 11) is 0. The van der Waals surface area contributed by atoms with Crippen LogP contribution in [-0.4, -0.2) is 17.3 Å². The van der Waals surface area contributed by atoms with Gasteiger partial charge in [-0.2, -0.15) is 13.2 Å². The predicted octanol–water partition coefficient (Wildman–Crippen LogP) is 2.06. The van der Waals surface area contributed by atoms with Crippen molar-refractivity contribution in [1.82, 2.24) is 0 Å². The molecule has 0 heterocycles. The van der Waals surface area contributed by atoms with Gasteiger partial charge in [-0.15, -0.1) is 0 Å². The van der Waals surface area contributed by atoms with E-state index in [0.29, 0.717) is 5.56 Å². The van der Waals surface area contributed by atoms with E-state index in [4.69, 9.17) is 15.6 Å². The third kappa shape index (κ3) is 5.81. The van der Waals surface area contributed by atoms with Gasteiger partial charge in [0.15, 0.2) is 0 Å². The fourth-order valence-corrected chi connectivity index (χ4v) is 0.687. The van der Waals surface area contributed by atoms with Crippen LogP contribution >= 0.6 is 0 Å². The molecule has 0 spiro atoms. The van der Waals surface area contributed by atoms with Gasteiger partial charge in [0.05, 0.1) is 0 Å². The Bertz CT molecular complexity index is 391. The summed E-state index contributed by atoms with van der Waals surface area (Å²) < 4.78 is 56.5. The fraction of sp³-hybridized carbons (Fsp3) is 0.222. The van der Waals surface area contributed by atoms with E-state index in [2.05, 4.69) is 0 Å². The minimum atomic E-state index is -5.08. The van der Waals surface area contributed by atoms with Crippen LogP contribution in [0.3, 0.4) is 0 Å². The lowest BCUT2D eigenvalue weighted by molar-refractivity contribution is -0.192. The lowest BCUT2D eigenvalue weighted by Crippen LogP contribution is -2.21. The van der Waals surface area contributed by atoms with E-state index in [1.165, 1.54) is 12.1 Å². The van der Waals surface area contributed by atoms with Gasteiger partial charge >= 0.3 is 12.1 Å². The molecule has 8 heteroatoms. The van der Waals surface area contributed by atoms with Gasteiger partial charge in [0.1, 0.15) is 11.6 Å². The minimum Gasteiger partial charge on any atom is -0.475 e. The highest BCUT2D eigenvalue weighted by Gasteiger charge is 2.38. The molecule has 0 aliphatic carbocycles. The molecule has 0 fully saturated rings. The van der Waals surface area contributed by atoms with E-state index in [9.17, 15) is 22.0 Å². The second-order valence-electron chi connectivity index (χ2n) is 2.74. The van der Waals surface area contributed by atoms with Gasteiger partial charge in [-0.1, -0.05) is 6.07 Å². The van der Waals surface area contributed by atoms with E-state index in [1.807, 2.05) is 0 Å². The van der Waals surface area contributed by atoms with E-state index in [0.717, 1.165) is 6.07 Å². The number of rotatable bonds is 1. The highest BCUT2D eigenvalue weighted by Crippen LogP contribution is 2.13. The van der Waals surface area contributed by atoms with Gasteiger partial charge in [0.25, 0.3) is 0 Å². The maximum atomic E-state index is 12.5. The lowest BCUT2D eigenvalue weighted by Gasteiger charge is -1.96. The van der Waals surface area contributed by atoms with E-state index < -0.39 is 23.8 Å². The van der Waals surface area contributed by atoms with Crippen molar-refractivity contribution >= 4 is 5.97 Å². The normalized spacial score (nSPS) is 10.5. The number of halogens is 5. The van der Waals surface area contributed by atoms with Crippen LogP contribution in [0.4, 0.5) is 22.0 Å². The molecular weight excluding hydrogens is 249 g/mol. The van der Waals surface area contributed by atoms with Gasteiger partial charge in [0.2, 0.25) is 0 Å². The Hall–Kier alpha value is -1.70. The van der Waals surface area contributed by atoms with Crippen molar-refractivity contribution in [2.24, 2.45) is 5.73 Å². The molecule has 0 aliphatic rings. The number of carbonyl (C=O) groups is 1. The Balaban J connectivity index is 0.000000325. The number of carboxylic acid groups (broad SMARTS) is 1. The topological polar surface area (TPSA) is 63.3 Å². The molecule has 0 saturated carbocycles. The van der Waals surface area contributed by atoms with Crippen LogP contribution in [-0.2, 0) is 11.3 Å². The lowest BCUT2D eigenvalue weighted by atomic mass is 10.2. The standard InChI is InChI=1S/C7H7F2N.C2HF3O2/c8-6-2-1-5(4-10)7(9)3-6;3-2(4,5)1(6)7/h1-3H,4,10H2;(H,6,7). The number of aliphatic carboxylic acids is 1. The molecular formula is C9H8F5NO2. The third-order valence-electron chi connectivity index (χ3n) is 1.48. The summed E-state index contributed by atoms with van der Waals surface area (Å²) in [6.45, 7) is 0.103. The average Bonchev–Trinajstić information content (AvgIpc) is 2.17. The molecule has 96 valence electrons. The largest absolute Gasteiger partial charge is 0.490 e. The molecule has 1 aromatic rings. The highest BCUT2D eigenvalue weighted by molar-refractivity contribution is 5.73. The summed E-state index contributed by atoms with van der Waals surface area (Å²) in [5, 5.41) is 7.12. The first-order valence-corrected chi connectivity index (χ1v) is 4.12. The summed E-state index contributed by atoms with van der Waals surface area (Å²) in [5.74, 6) is -3.91. The van der Waals surface area contributed by atoms with Crippen molar-refractivity contribution in [3.63, 3.8) is 0 Å². The maximum Gasteiger partial charge on any atom is 0.490 e. The Morgan fingerprint density at radius 1 is 1.29 bits per heavy atom. The minimum absolute atomic E-state index is 0.103. The van der Waals surface area contributed by atoms with Crippen molar-refractivity contribution in [3.8, 4) is 0 Å². The summed E-state index contributed by atoms with van der Waals surface area (Å²) in [5.41, 5.74) is 5.47. The molecule has 0 bridgehead atoms. The second kappa shape index (κ2) is 6.14. The Labute approximate surface area is 92.7 Å². The quantitative estimate of drug-likeness (QED) is 0.757. The first-order valence-electron chi connectivity index (χ1n) is 4.12. The van der Waals surface area contributed by atoms with Crippen LogP contribution in [0.15, 0.2) is 18.2 Å². The van der Waals surface area contributed by atoms with Gasteiger partial charge in [0, 0.05) is 18.2 Å². The Morgan fingerprint density at radius 2 is 1.76 bits per heavy atom. The number of hydrogen-bond acceptors (Lipinski definition) is 2. The molecule has 0 aliphatic heterocycles. The van der Waals surface area contributed by atoms with Crippen LogP contribution in [0.25, 0.3) is 0 Å². The van der Waals surface area contributed by atoms with Gasteiger partial charge in [-0.05, 0) is 6.07 Å². The number of carboxylic acids is 1. The first-order chi connectivity index (χ1) is 7.68. The van der Waals surface area contributed by atoms with Gasteiger partial charge < -0.3 is 10.8 Å². The molecule has 0 aromatic heterocycles. The van der Waals surface area contributed by atoms with Crippen molar-refractivity contribution in [2.75, 3.05) is 0 Å². The van der Waals surface area contributed by atoms with E-state index >= 15 is 0 Å². The molecule has 0 amide bonds. The summed E-state index contributed by atoms with van der Waals surface area (Å²) in [6.07, 6.45) is -5.08. The number of hydrogen-bond donors (Lipinski definition) is 2. The van der Waals surface area contributed by atoms with Gasteiger partial charge in [-0.3, -0.25) is 0 Å². The molecule has 1 rings (SSSR count). The zero-order valence-electron chi connectivity index (χ0n) is 8.26. The Morgan fingerprint density at radius 3 is 2.06 bits per heavy atom. The van der Waals surface area contributed by atoms with Crippen molar-refractivity contribution in [3.05, 3.63) is 35.4 Å². The summed E-state index contributed by atoms with van der Waals surface area (Å²) in [6, 6.07) is 3.35. The Kier molecular flexibility index (Phi) is 5.52. The smallest absolute Gasteiger partial charge is 0.475 e.